The molecule has 2 aromatic carbocycles. The van der Waals surface area contributed by atoms with Crippen LogP contribution in [0.2, 0.25) is 0 Å². The maximum Gasteiger partial charge on any atom is 0.410 e. The number of likely N-dealkylation sites (tertiary alicyclic amines) is 1. The first-order valence-electron chi connectivity index (χ1n) is 15.1. The monoisotopic (exact) mass is 628 g/mol. The van der Waals surface area contributed by atoms with Crippen LogP contribution in [-0.2, 0) is 14.3 Å². The van der Waals surface area contributed by atoms with E-state index in [0.29, 0.717) is 69.6 Å². The van der Waals surface area contributed by atoms with Crippen molar-refractivity contribution in [3.8, 4) is 5.75 Å². The van der Waals surface area contributed by atoms with Crippen LogP contribution in [0.25, 0.3) is 0 Å². The van der Waals surface area contributed by atoms with Gasteiger partial charge in [-0.05, 0) is 91.7 Å². The Hall–Kier alpha value is -3.83. The zero-order valence-electron chi connectivity index (χ0n) is 27.0. The van der Waals surface area contributed by atoms with E-state index in [2.05, 4.69) is 10.1 Å². The van der Waals surface area contributed by atoms with E-state index >= 15 is 0 Å². The Kier molecular flexibility index (Phi) is 11.5. The third-order valence-corrected chi connectivity index (χ3v) is 7.45. The number of nitrogens with zero attached hydrogens (tertiary/aromatic N) is 1. The third kappa shape index (κ3) is 9.58. The minimum absolute atomic E-state index is 0.0214. The van der Waals surface area contributed by atoms with Gasteiger partial charge in [0.2, 0.25) is 5.78 Å². The fourth-order valence-corrected chi connectivity index (χ4v) is 5.06. The highest BCUT2D eigenvalue weighted by Gasteiger charge is 2.50. The lowest BCUT2D eigenvalue weighted by molar-refractivity contribution is -0.138. The van der Waals surface area contributed by atoms with E-state index < -0.39 is 28.4 Å². The summed E-state index contributed by atoms with van der Waals surface area (Å²) in [6.45, 7) is 13.5. The number of rotatable bonds is 3. The number of ether oxygens (including phenoxy) is 3. The molecule has 0 aliphatic carbocycles. The second-order valence-electron chi connectivity index (χ2n) is 13.3. The van der Waals surface area contributed by atoms with Gasteiger partial charge >= 0.3 is 6.09 Å². The molecule has 1 amide bonds. The van der Waals surface area contributed by atoms with Crippen molar-refractivity contribution in [1.82, 2.24) is 10.2 Å². The number of ketones is 2. The number of para-hydroxylation sites is 1. The first-order valence-corrected chi connectivity index (χ1v) is 15.1. The molecule has 11 heteroatoms. The van der Waals surface area contributed by atoms with Gasteiger partial charge in [0.05, 0.1) is 11.1 Å². The lowest BCUT2D eigenvalue weighted by atomic mass is 9.84. The Morgan fingerprint density at radius 1 is 0.933 bits per heavy atom. The summed E-state index contributed by atoms with van der Waals surface area (Å²) in [5.41, 5.74) is -2.42. The normalized spacial score (nSPS) is 18.2. The highest BCUT2D eigenvalue weighted by atomic mass is 19.1. The van der Waals surface area contributed by atoms with Gasteiger partial charge in [-0.2, -0.15) is 0 Å². The molecule has 0 atom stereocenters. The standard InChI is InChI=1S/C17H21NO4.C12H14FNO2.C5H10O2/c1-16(2,3)22-15(20)18-10-8-17(9-11-18)14(19)12-6-4-5-7-13(12)21-17;13-10-4-2-1-3-9(10)11(15)12(16)5-7-14-8-6-12;1-5(2,3)7-4-6/h4-7H,8-11H2,1-3H3;1-4,14,16H,5-8H2;4H,1-3H3. The lowest BCUT2D eigenvalue weighted by Gasteiger charge is -2.37. The summed E-state index contributed by atoms with van der Waals surface area (Å²) in [5.74, 6) is -0.392. The number of hydrogen-bond acceptors (Lipinski definition) is 9. The summed E-state index contributed by atoms with van der Waals surface area (Å²) in [5, 5.41) is 13.2. The molecule has 2 fully saturated rings. The second-order valence-corrected chi connectivity index (χ2v) is 13.3. The quantitative estimate of drug-likeness (QED) is 0.352. The molecule has 0 saturated carbocycles. The first-order chi connectivity index (χ1) is 21.0. The van der Waals surface area contributed by atoms with Crippen molar-refractivity contribution in [2.24, 2.45) is 0 Å². The Bertz CT molecular complexity index is 1350. The summed E-state index contributed by atoms with van der Waals surface area (Å²) >= 11 is 0. The second kappa shape index (κ2) is 14.5. The zero-order chi connectivity index (χ0) is 33.5. The highest BCUT2D eigenvalue weighted by Crippen LogP contribution is 2.41. The summed E-state index contributed by atoms with van der Waals surface area (Å²) in [6.07, 6.45) is 1.34. The predicted molar refractivity (Wildman–Crippen MR) is 166 cm³/mol. The number of aliphatic hydroxyl groups is 1. The molecular weight excluding hydrogens is 583 g/mol. The fraction of sp³-hybridized carbons (Fsp3) is 0.529. The number of Topliss-reactive ketones (excluding diaryl/α,β-unsaturated/α-hetero) is 2. The van der Waals surface area contributed by atoms with Crippen LogP contribution in [0.1, 0.15) is 87.9 Å². The van der Waals surface area contributed by atoms with Crippen molar-refractivity contribution >= 4 is 24.1 Å². The summed E-state index contributed by atoms with van der Waals surface area (Å²) in [6, 6.07) is 13.1. The number of carbonyl (C=O) groups excluding carboxylic acids is 4. The predicted octanol–water partition coefficient (Wildman–Crippen LogP) is 5.11. The molecule has 2 N–H and O–H groups in total. The summed E-state index contributed by atoms with van der Waals surface area (Å²) in [7, 11) is 0. The number of carbonyl (C=O) groups is 4. The topological polar surface area (TPSA) is 131 Å². The van der Waals surface area contributed by atoms with Crippen molar-refractivity contribution in [3.05, 3.63) is 65.5 Å². The highest BCUT2D eigenvalue weighted by molar-refractivity contribution is 6.07. The minimum Gasteiger partial charge on any atom is -0.478 e. The molecule has 2 aromatic rings. The molecule has 0 radical (unpaired) electrons. The summed E-state index contributed by atoms with van der Waals surface area (Å²) in [4.78, 5) is 48.0. The smallest absolute Gasteiger partial charge is 0.410 e. The van der Waals surface area contributed by atoms with Gasteiger partial charge in [0, 0.05) is 25.9 Å². The number of fused-ring (bicyclic) bond motifs is 1. The number of nitrogens with one attached hydrogen (secondary N) is 1. The van der Waals surface area contributed by atoms with Gasteiger partial charge in [-0.15, -0.1) is 0 Å². The number of hydrogen-bond donors (Lipinski definition) is 2. The lowest BCUT2D eigenvalue weighted by Crippen LogP contribution is -2.52. The Morgan fingerprint density at radius 3 is 2.02 bits per heavy atom. The van der Waals surface area contributed by atoms with E-state index in [1.54, 1.807) is 17.0 Å². The van der Waals surface area contributed by atoms with Gasteiger partial charge in [0.1, 0.15) is 28.4 Å². The fourth-order valence-electron chi connectivity index (χ4n) is 5.06. The SMILES string of the molecule is CC(C)(C)OC(=O)N1CCC2(CC1)Oc1ccccc1C2=O.CC(C)(C)OC=O.O=C(c1ccccc1F)C1(O)CCNCC1. The molecular formula is C34H45FN2O8. The molecule has 45 heavy (non-hydrogen) atoms. The van der Waals surface area contributed by atoms with Crippen molar-refractivity contribution in [3.63, 3.8) is 0 Å². The average molecular weight is 629 g/mol. The van der Waals surface area contributed by atoms with Gasteiger partial charge in [-0.3, -0.25) is 14.4 Å². The number of halogens is 1. The maximum absolute atomic E-state index is 13.4. The molecule has 2 saturated heterocycles. The molecule has 246 valence electrons. The Labute approximate surface area is 264 Å². The van der Waals surface area contributed by atoms with Crippen LogP contribution < -0.4 is 10.1 Å². The van der Waals surface area contributed by atoms with E-state index in [0.717, 1.165) is 0 Å². The Morgan fingerprint density at radius 2 is 1.51 bits per heavy atom. The minimum atomic E-state index is -1.41. The van der Waals surface area contributed by atoms with Gasteiger partial charge in [0.25, 0.3) is 6.47 Å². The maximum atomic E-state index is 13.4. The Balaban J connectivity index is 0.000000210. The average Bonchev–Trinajstić information content (AvgIpc) is 3.23. The molecule has 10 nitrogen and oxygen atoms in total. The molecule has 0 bridgehead atoms. The van der Waals surface area contributed by atoms with Gasteiger partial charge in [0.15, 0.2) is 11.4 Å². The number of benzene rings is 2. The van der Waals surface area contributed by atoms with Crippen LogP contribution in [-0.4, -0.2) is 82.7 Å². The van der Waals surface area contributed by atoms with E-state index in [4.69, 9.17) is 9.47 Å². The van der Waals surface area contributed by atoms with Gasteiger partial charge < -0.3 is 29.5 Å². The third-order valence-electron chi connectivity index (χ3n) is 7.45. The number of piperidine rings is 2. The number of amides is 1. The van der Waals surface area contributed by atoms with Crippen LogP contribution in [0.15, 0.2) is 48.5 Å². The first kappa shape index (κ1) is 35.6. The van der Waals surface area contributed by atoms with Crippen molar-refractivity contribution in [2.45, 2.75) is 89.6 Å². The van der Waals surface area contributed by atoms with Crippen molar-refractivity contribution < 1.29 is 42.9 Å². The van der Waals surface area contributed by atoms with E-state index in [1.165, 1.54) is 18.2 Å². The van der Waals surface area contributed by atoms with Crippen LogP contribution in [0, 0.1) is 5.82 Å². The van der Waals surface area contributed by atoms with E-state index in [-0.39, 0.29) is 23.0 Å². The molecule has 0 unspecified atom stereocenters. The van der Waals surface area contributed by atoms with Crippen LogP contribution in [0.3, 0.4) is 0 Å². The van der Waals surface area contributed by atoms with Crippen LogP contribution in [0.4, 0.5) is 9.18 Å². The largest absolute Gasteiger partial charge is 0.478 e. The van der Waals surface area contributed by atoms with Crippen LogP contribution >= 0.6 is 0 Å². The van der Waals surface area contributed by atoms with Crippen molar-refractivity contribution in [2.75, 3.05) is 26.2 Å². The molecule has 5 rings (SSSR count). The summed E-state index contributed by atoms with van der Waals surface area (Å²) < 4.78 is 29.3. The van der Waals surface area contributed by atoms with Gasteiger partial charge in [-0.1, -0.05) is 24.3 Å². The molecule has 3 aliphatic rings. The molecule has 0 aromatic heterocycles. The van der Waals surface area contributed by atoms with E-state index in [1.807, 2.05) is 59.7 Å². The zero-order valence-corrected chi connectivity index (χ0v) is 27.0. The molecule has 3 heterocycles. The molecule has 3 aliphatic heterocycles. The van der Waals surface area contributed by atoms with Crippen LogP contribution in [0.5, 0.6) is 5.75 Å². The molecule has 1 spiro atoms. The van der Waals surface area contributed by atoms with Crippen molar-refractivity contribution in [1.29, 1.82) is 0 Å². The van der Waals surface area contributed by atoms with Gasteiger partial charge in [-0.25, -0.2) is 9.18 Å². The van der Waals surface area contributed by atoms with E-state index in [9.17, 15) is 28.7 Å².